The molecule has 44 heavy (non-hydrogen) atoms. The lowest BCUT2D eigenvalue weighted by Gasteiger charge is -2.23. The first-order chi connectivity index (χ1) is 21.2. The summed E-state index contributed by atoms with van der Waals surface area (Å²) in [6, 6.07) is 1.37. The van der Waals surface area contributed by atoms with Crippen molar-refractivity contribution in [1.29, 1.82) is 0 Å². The van der Waals surface area contributed by atoms with Gasteiger partial charge in [0.2, 0.25) is 17.8 Å². The van der Waals surface area contributed by atoms with Crippen LogP contribution in [0, 0.1) is 11.8 Å². The van der Waals surface area contributed by atoms with Crippen molar-refractivity contribution >= 4 is 40.3 Å². The van der Waals surface area contributed by atoms with Crippen LogP contribution in [0.15, 0.2) is 36.8 Å². The van der Waals surface area contributed by atoms with E-state index in [1.807, 2.05) is 29.7 Å². The molecule has 236 valence electrons. The van der Waals surface area contributed by atoms with Crippen LogP contribution in [0.3, 0.4) is 0 Å². The maximum atomic E-state index is 12.5. The predicted octanol–water partition coefficient (Wildman–Crippen LogP) is 2.65. The summed E-state index contributed by atoms with van der Waals surface area (Å²) in [5, 5.41) is 14.7. The third-order valence-electron chi connectivity index (χ3n) is 6.61. The molecule has 0 saturated carbocycles. The van der Waals surface area contributed by atoms with E-state index in [2.05, 4.69) is 54.8 Å². The molecule has 3 rings (SSSR count). The Kier molecular flexibility index (Phi) is 13.5. The van der Waals surface area contributed by atoms with Crippen molar-refractivity contribution in [3.05, 3.63) is 42.4 Å². The number of aromatic nitrogens is 5. The van der Waals surface area contributed by atoms with Gasteiger partial charge in [0.1, 0.15) is 11.9 Å². The second-order valence-electron chi connectivity index (χ2n) is 10.5. The largest absolute Gasteiger partial charge is 0.383 e. The van der Waals surface area contributed by atoms with E-state index in [9.17, 15) is 9.59 Å². The van der Waals surface area contributed by atoms with Crippen LogP contribution in [-0.2, 0) is 20.9 Å². The SMILES string of the molecule is CCCNc1nc(Nc2cnc3c(cnn3CCOC)c2)ncc1C#CCCCNC(=O)[C@H](C)N(C)C(=O)/C=C/CN(C)C. The van der Waals surface area contributed by atoms with E-state index >= 15 is 0 Å². The Morgan fingerprint density at radius 1 is 1.16 bits per heavy atom. The summed E-state index contributed by atoms with van der Waals surface area (Å²) < 4.78 is 6.95. The maximum absolute atomic E-state index is 12.5. The van der Waals surface area contributed by atoms with Crippen molar-refractivity contribution in [2.75, 3.05) is 65.1 Å². The highest BCUT2D eigenvalue weighted by Crippen LogP contribution is 2.20. The van der Waals surface area contributed by atoms with Crippen molar-refractivity contribution in [2.24, 2.45) is 0 Å². The molecule has 1 atom stereocenters. The van der Waals surface area contributed by atoms with E-state index in [1.54, 1.807) is 45.7 Å². The van der Waals surface area contributed by atoms with E-state index in [-0.39, 0.29) is 11.8 Å². The Morgan fingerprint density at radius 3 is 2.73 bits per heavy atom. The maximum Gasteiger partial charge on any atom is 0.246 e. The zero-order chi connectivity index (χ0) is 31.9. The first kappa shape index (κ1) is 34.0. The van der Waals surface area contributed by atoms with Gasteiger partial charge in [-0.05, 0) is 39.9 Å². The summed E-state index contributed by atoms with van der Waals surface area (Å²) in [6.07, 6.45) is 10.6. The molecule has 0 aliphatic carbocycles. The van der Waals surface area contributed by atoms with E-state index in [0.29, 0.717) is 56.4 Å². The van der Waals surface area contributed by atoms with Gasteiger partial charge in [-0.25, -0.2) is 14.6 Å². The van der Waals surface area contributed by atoms with Gasteiger partial charge in [-0.1, -0.05) is 24.8 Å². The molecule has 13 heteroatoms. The molecule has 3 heterocycles. The number of pyridine rings is 1. The van der Waals surface area contributed by atoms with Crippen molar-refractivity contribution < 1.29 is 14.3 Å². The van der Waals surface area contributed by atoms with Crippen molar-refractivity contribution in [1.82, 2.24) is 39.8 Å². The van der Waals surface area contributed by atoms with Gasteiger partial charge in [-0.3, -0.25) is 9.59 Å². The Hall–Kier alpha value is -4.54. The third kappa shape index (κ3) is 10.3. The zero-order valence-corrected chi connectivity index (χ0v) is 26.6. The molecule has 0 bridgehead atoms. The minimum Gasteiger partial charge on any atom is -0.383 e. The number of nitrogens with one attached hydrogen (secondary N) is 3. The summed E-state index contributed by atoms with van der Waals surface area (Å²) in [4.78, 5) is 41.8. The number of rotatable bonds is 16. The number of amides is 2. The van der Waals surface area contributed by atoms with Gasteiger partial charge >= 0.3 is 0 Å². The Morgan fingerprint density at radius 2 is 1.98 bits per heavy atom. The summed E-state index contributed by atoms with van der Waals surface area (Å²) >= 11 is 0. The minimum absolute atomic E-state index is 0.202. The fraction of sp³-hybridized carbons (Fsp3) is 0.484. The number of carbonyl (C=O) groups excluding carboxylic acids is 2. The first-order valence-electron chi connectivity index (χ1n) is 14.8. The van der Waals surface area contributed by atoms with E-state index in [0.717, 1.165) is 29.7 Å². The summed E-state index contributed by atoms with van der Waals surface area (Å²) in [5.41, 5.74) is 2.22. The van der Waals surface area contributed by atoms with Crippen molar-refractivity contribution in [2.45, 2.75) is 45.7 Å². The normalized spacial score (nSPS) is 11.8. The van der Waals surface area contributed by atoms with E-state index in [4.69, 9.17) is 4.74 Å². The Bertz CT molecular complexity index is 1470. The fourth-order valence-electron chi connectivity index (χ4n) is 3.96. The lowest BCUT2D eigenvalue weighted by molar-refractivity contribution is -0.135. The molecule has 3 aromatic rings. The van der Waals surface area contributed by atoms with Crippen LogP contribution in [-0.4, -0.2) is 107 Å². The van der Waals surface area contributed by atoms with Gasteiger partial charge in [-0.2, -0.15) is 10.1 Å². The van der Waals surface area contributed by atoms with Crippen LogP contribution in [0.5, 0.6) is 0 Å². The smallest absolute Gasteiger partial charge is 0.246 e. The average molecular weight is 605 g/mol. The standard InChI is InChI=1S/C31H44N10O3/c1-7-14-32-28-24(12-9-8-10-15-33-30(43)23(2)40(5)27(42)13-11-16-39(3)4)20-35-31(38-28)37-26-19-25-21-36-41(17-18-44-6)29(25)34-22-26/h11,13,19-23H,7-8,10,14-18H2,1-6H3,(H,33,43)(H2,32,35,37,38)/b13-11+/t23-/m0/s1. The number of likely N-dealkylation sites (N-methyl/N-ethyl adjacent to an activating group) is 2. The van der Waals surface area contributed by atoms with Gasteiger partial charge in [0.15, 0.2) is 5.65 Å². The van der Waals surface area contributed by atoms with E-state index < -0.39 is 6.04 Å². The summed E-state index contributed by atoms with van der Waals surface area (Å²) in [7, 11) is 7.13. The number of ether oxygens (including phenoxy) is 1. The van der Waals surface area contributed by atoms with Crippen LogP contribution in [0.4, 0.5) is 17.5 Å². The topological polar surface area (TPSA) is 142 Å². The van der Waals surface area contributed by atoms with Gasteiger partial charge in [0, 0.05) is 51.7 Å². The van der Waals surface area contributed by atoms with Crippen molar-refractivity contribution in [3.8, 4) is 11.8 Å². The van der Waals surface area contributed by atoms with Crippen LogP contribution in [0.1, 0.15) is 38.7 Å². The number of carbonyl (C=O) groups is 2. The van der Waals surface area contributed by atoms with Gasteiger partial charge < -0.3 is 30.5 Å². The van der Waals surface area contributed by atoms with E-state index in [1.165, 1.54) is 11.0 Å². The number of methoxy groups -OCH3 is 1. The molecule has 3 aromatic heterocycles. The molecule has 0 saturated heterocycles. The monoisotopic (exact) mass is 604 g/mol. The highest BCUT2D eigenvalue weighted by molar-refractivity contribution is 5.92. The molecule has 0 radical (unpaired) electrons. The molecule has 0 aliphatic heterocycles. The predicted molar refractivity (Wildman–Crippen MR) is 173 cm³/mol. The number of hydrogen-bond acceptors (Lipinski definition) is 10. The first-order valence-corrected chi connectivity index (χ1v) is 14.8. The van der Waals surface area contributed by atoms with Crippen molar-refractivity contribution in [3.63, 3.8) is 0 Å². The summed E-state index contributed by atoms with van der Waals surface area (Å²) in [6.45, 7) is 6.83. The Labute approximate surface area is 259 Å². The number of fused-ring (bicyclic) bond motifs is 1. The number of unbranched alkanes of at least 4 members (excludes halogenated alkanes) is 1. The lowest BCUT2D eigenvalue weighted by Crippen LogP contribution is -2.45. The molecule has 13 nitrogen and oxygen atoms in total. The molecule has 3 N–H and O–H groups in total. The molecule has 2 amide bonds. The van der Waals surface area contributed by atoms with Crippen LogP contribution in [0.2, 0.25) is 0 Å². The molecule has 0 fully saturated rings. The zero-order valence-electron chi connectivity index (χ0n) is 26.6. The number of hydrogen-bond donors (Lipinski definition) is 3. The fourth-order valence-corrected chi connectivity index (χ4v) is 3.96. The Balaban J connectivity index is 1.54. The molecular formula is C31H44N10O3. The highest BCUT2D eigenvalue weighted by Gasteiger charge is 2.20. The molecule has 0 spiro atoms. The summed E-state index contributed by atoms with van der Waals surface area (Å²) in [5.74, 6) is 6.97. The van der Waals surface area contributed by atoms with Crippen LogP contribution < -0.4 is 16.0 Å². The van der Waals surface area contributed by atoms with Gasteiger partial charge in [0.25, 0.3) is 0 Å². The number of nitrogens with zero attached hydrogens (tertiary/aromatic N) is 7. The molecular weight excluding hydrogens is 560 g/mol. The van der Waals surface area contributed by atoms with Crippen LogP contribution in [0.25, 0.3) is 11.0 Å². The second-order valence-corrected chi connectivity index (χ2v) is 10.5. The van der Waals surface area contributed by atoms with Crippen LogP contribution >= 0.6 is 0 Å². The highest BCUT2D eigenvalue weighted by atomic mass is 16.5. The lowest BCUT2D eigenvalue weighted by atomic mass is 10.2. The molecule has 0 aromatic carbocycles. The van der Waals surface area contributed by atoms with Gasteiger partial charge in [-0.15, -0.1) is 0 Å². The third-order valence-corrected chi connectivity index (χ3v) is 6.61. The quantitative estimate of drug-likeness (QED) is 0.127. The van der Waals surface area contributed by atoms with Gasteiger partial charge in [0.05, 0.1) is 43.0 Å². The second kappa shape index (κ2) is 17.5. The minimum atomic E-state index is -0.578. The molecule has 0 unspecified atom stereocenters. The number of anilines is 3. The average Bonchev–Trinajstić information content (AvgIpc) is 3.42. The molecule has 0 aliphatic rings.